The van der Waals surface area contributed by atoms with Gasteiger partial charge < -0.3 is 9.84 Å². The van der Waals surface area contributed by atoms with Crippen molar-refractivity contribution in [2.24, 2.45) is 0 Å². The lowest BCUT2D eigenvalue weighted by Gasteiger charge is -2.41. The Balaban J connectivity index is 1.69. The Morgan fingerprint density at radius 1 is 1.15 bits per heavy atom. The minimum atomic E-state index is -0.323. The number of aliphatic hydroxyl groups excluding tert-OH is 1. The highest BCUT2D eigenvalue weighted by Gasteiger charge is 2.38. The first-order chi connectivity index (χ1) is 9.71. The number of ether oxygens (including phenoxy) is 1. The van der Waals surface area contributed by atoms with Crippen LogP contribution in [-0.2, 0) is 11.2 Å². The molecule has 0 amide bonds. The van der Waals surface area contributed by atoms with Gasteiger partial charge in [0.05, 0.1) is 11.7 Å². The topological polar surface area (TPSA) is 29.5 Å². The molecule has 3 rings (SSSR count). The predicted octanol–water partition coefficient (Wildman–Crippen LogP) is 3.70. The van der Waals surface area contributed by atoms with Gasteiger partial charge in [0.1, 0.15) is 0 Å². The fourth-order valence-corrected chi connectivity index (χ4v) is 3.20. The van der Waals surface area contributed by atoms with Crippen LogP contribution in [0, 0.1) is 0 Å². The smallest absolute Gasteiger partial charge is 0.0703 e. The van der Waals surface area contributed by atoms with Gasteiger partial charge in [0.15, 0.2) is 0 Å². The van der Waals surface area contributed by atoms with Crippen LogP contribution in [0.15, 0.2) is 42.5 Å². The van der Waals surface area contributed by atoms with Crippen LogP contribution in [0.2, 0.25) is 0 Å². The van der Waals surface area contributed by atoms with E-state index >= 15 is 0 Å². The number of hydrogen-bond donors (Lipinski definition) is 1. The molecule has 106 valence electrons. The van der Waals surface area contributed by atoms with E-state index in [1.54, 1.807) is 7.11 Å². The van der Waals surface area contributed by atoms with Gasteiger partial charge in [-0.1, -0.05) is 42.5 Å². The average molecular weight is 270 g/mol. The molecule has 0 aliphatic heterocycles. The summed E-state index contributed by atoms with van der Waals surface area (Å²) in [5.41, 5.74) is 1.14. The first-order valence-electron chi connectivity index (χ1n) is 7.42. The molecule has 1 aliphatic carbocycles. The Morgan fingerprint density at radius 3 is 2.55 bits per heavy atom. The monoisotopic (exact) mass is 270 g/mol. The maximum absolute atomic E-state index is 10.3. The number of rotatable bonds is 5. The summed E-state index contributed by atoms with van der Waals surface area (Å²) in [4.78, 5) is 0. The molecule has 2 heteroatoms. The molecular weight excluding hydrogens is 248 g/mol. The second-order valence-electron chi connectivity index (χ2n) is 5.98. The van der Waals surface area contributed by atoms with Crippen molar-refractivity contribution in [1.29, 1.82) is 0 Å². The van der Waals surface area contributed by atoms with Crippen LogP contribution in [-0.4, -0.2) is 23.9 Å². The van der Waals surface area contributed by atoms with Gasteiger partial charge in [0.25, 0.3) is 0 Å². The summed E-state index contributed by atoms with van der Waals surface area (Å²) in [5, 5.41) is 12.8. The van der Waals surface area contributed by atoms with Crippen molar-refractivity contribution in [2.75, 3.05) is 7.11 Å². The van der Waals surface area contributed by atoms with E-state index in [4.69, 9.17) is 4.74 Å². The van der Waals surface area contributed by atoms with Crippen molar-refractivity contribution in [3.8, 4) is 0 Å². The Kier molecular flexibility index (Phi) is 3.77. The minimum Gasteiger partial charge on any atom is -0.393 e. The molecule has 0 radical (unpaired) electrons. The van der Waals surface area contributed by atoms with Gasteiger partial charge >= 0.3 is 0 Å². The van der Waals surface area contributed by atoms with Crippen LogP contribution in [0.4, 0.5) is 0 Å². The molecule has 2 aromatic carbocycles. The van der Waals surface area contributed by atoms with Gasteiger partial charge in [-0.2, -0.15) is 0 Å². The third kappa shape index (κ3) is 2.72. The first-order valence-corrected chi connectivity index (χ1v) is 7.42. The zero-order chi connectivity index (χ0) is 14.0. The normalized spacial score (nSPS) is 18.7. The summed E-state index contributed by atoms with van der Waals surface area (Å²) < 4.78 is 5.59. The van der Waals surface area contributed by atoms with Crippen LogP contribution >= 0.6 is 0 Å². The number of fused-ring (bicyclic) bond motifs is 1. The lowest BCUT2D eigenvalue weighted by Crippen LogP contribution is -2.42. The number of hydrogen-bond acceptors (Lipinski definition) is 2. The van der Waals surface area contributed by atoms with E-state index in [1.165, 1.54) is 22.8 Å². The number of aliphatic hydroxyl groups is 1. The first kappa shape index (κ1) is 13.6. The van der Waals surface area contributed by atoms with Gasteiger partial charge in [0.2, 0.25) is 0 Å². The predicted molar refractivity (Wildman–Crippen MR) is 81.9 cm³/mol. The van der Waals surface area contributed by atoms with E-state index in [0.717, 1.165) is 19.3 Å². The molecule has 1 atom stereocenters. The Hall–Kier alpha value is -1.38. The highest BCUT2D eigenvalue weighted by molar-refractivity contribution is 5.82. The van der Waals surface area contributed by atoms with Gasteiger partial charge in [-0.05, 0) is 42.0 Å². The molecule has 0 bridgehead atoms. The van der Waals surface area contributed by atoms with E-state index in [9.17, 15) is 5.11 Å². The fraction of sp³-hybridized carbons (Fsp3) is 0.444. The third-order valence-corrected chi connectivity index (χ3v) is 4.59. The molecule has 1 fully saturated rings. The van der Waals surface area contributed by atoms with E-state index in [0.29, 0.717) is 6.42 Å². The summed E-state index contributed by atoms with van der Waals surface area (Å²) in [6.07, 6.45) is 4.51. The molecule has 0 saturated heterocycles. The van der Waals surface area contributed by atoms with Gasteiger partial charge in [0, 0.05) is 13.5 Å². The Labute approximate surface area is 120 Å². The molecule has 0 spiro atoms. The second-order valence-corrected chi connectivity index (χ2v) is 5.98. The highest BCUT2D eigenvalue weighted by atomic mass is 16.5. The van der Waals surface area contributed by atoms with Gasteiger partial charge in [-0.3, -0.25) is 0 Å². The SMILES string of the molecule is COC1(CC(O)Cc2ccc3ccccc3c2)CCC1. The molecule has 0 heterocycles. The fourth-order valence-electron chi connectivity index (χ4n) is 3.20. The maximum atomic E-state index is 10.3. The molecule has 20 heavy (non-hydrogen) atoms. The molecule has 1 aliphatic rings. The average Bonchev–Trinajstić information content (AvgIpc) is 2.43. The molecule has 1 N–H and O–H groups in total. The number of benzene rings is 2. The van der Waals surface area contributed by atoms with E-state index in [1.807, 2.05) is 0 Å². The number of methoxy groups -OCH3 is 1. The lowest BCUT2D eigenvalue weighted by atomic mass is 9.75. The molecule has 2 nitrogen and oxygen atoms in total. The van der Waals surface area contributed by atoms with Gasteiger partial charge in [-0.25, -0.2) is 0 Å². The van der Waals surface area contributed by atoms with Crippen molar-refractivity contribution in [2.45, 2.75) is 43.8 Å². The molecule has 1 saturated carbocycles. The standard InChI is InChI=1S/C18H22O2/c1-20-18(9-4-10-18)13-17(19)12-14-7-8-15-5-2-3-6-16(15)11-14/h2-3,5-8,11,17,19H,4,9-10,12-13H2,1H3. The zero-order valence-electron chi connectivity index (χ0n) is 12.0. The summed E-state index contributed by atoms with van der Waals surface area (Å²) in [6, 6.07) is 14.8. The van der Waals surface area contributed by atoms with Crippen LogP contribution in [0.25, 0.3) is 10.8 Å². The van der Waals surface area contributed by atoms with Crippen LogP contribution in [0.5, 0.6) is 0 Å². The van der Waals surface area contributed by atoms with Crippen molar-refractivity contribution < 1.29 is 9.84 Å². The Morgan fingerprint density at radius 2 is 1.90 bits per heavy atom. The summed E-state index contributed by atoms with van der Waals surface area (Å²) in [5.74, 6) is 0. The van der Waals surface area contributed by atoms with Crippen LogP contribution in [0.1, 0.15) is 31.2 Å². The third-order valence-electron chi connectivity index (χ3n) is 4.59. The van der Waals surface area contributed by atoms with Crippen molar-refractivity contribution in [3.63, 3.8) is 0 Å². The van der Waals surface area contributed by atoms with Crippen molar-refractivity contribution in [1.82, 2.24) is 0 Å². The van der Waals surface area contributed by atoms with Crippen molar-refractivity contribution in [3.05, 3.63) is 48.0 Å². The lowest BCUT2D eigenvalue weighted by molar-refractivity contribution is -0.0989. The van der Waals surface area contributed by atoms with E-state index in [2.05, 4.69) is 42.5 Å². The van der Waals surface area contributed by atoms with E-state index in [-0.39, 0.29) is 11.7 Å². The quantitative estimate of drug-likeness (QED) is 0.897. The molecule has 1 unspecified atom stereocenters. The van der Waals surface area contributed by atoms with Crippen LogP contribution in [0.3, 0.4) is 0 Å². The van der Waals surface area contributed by atoms with Gasteiger partial charge in [-0.15, -0.1) is 0 Å². The molecular formula is C18H22O2. The molecule has 2 aromatic rings. The summed E-state index contributed by atoms with van der Waals surface area (Å²) in [6.45, 7) is 0. The largest absolute Gasteiger partial charge is 0.393 e. The highest BCUT2D eigenvalue weighted by Crippen LogP contribution is 2.39. The minimum absolute atomic E-state index is 0.0593. The van der Waals surface area contributed by atoms with Crippen LogP contribution < -0.4 is 0 Å². The molecule has 0 aromatic heterocycles. The zero-order valence-corrected chi connectivity index (χ0v) is 12.0. The maximum Gasteiger partial charge on any atom is 0.0703 e. The summed E-state index contributed by atoms with van der Waals surface area (Å²) in [7, 11) is 1.77. The summed E-state index contributed by atoms with van der Waals surface area (Å²) >= 11 is 0. The van der Waals surface area contributed by atoms with Crippen molar-refractivity contribution >= 4 is 10.8 Å². The Bertz CT molecular complexity index is 581. The van der Waals surface area contributed by atoms with E-state index < -0.39 is 0 Å². The second kappa shape index (κ2) is 5.55.